The fraction of sp³-hybridized carbons (Fsp3) is 0.158. The maximum atomic E-state index is 11.9. The highest BCUT2D eigenvalue weighted by Crippen LogP contribution is 2.18. The number of rotatable bonds is 7. The van der Waals surface area contributed by atoms with Gasteiger partial charge in [0.1, 0.15) is 11.5 Å². The van der Waals surface area contributed by atoms with Crippen LogP contribution in [0.2, 0.25) is 0 Å². The van der Waals surface area contributed by atoms with E-state index in [9.17, 15) is 19.5 Å². The Kier molecular flexibility index (Phi) is 7.09. The molecule has 0 fully saturated rings. The van der Waals surface area contributed by atoms with Crippen molar-refractivity contribution in [2.24, 2.45) is 5.10 Å². The van der Waals surface area contributed by atoms with Crippen molar-refractivity contribution < 1.29 is 29.0 Å². The Bertz CT molecular complexity index is 910. The van der Waals surface area contributed by atoms with Gasteiger partial charge < -0.3 is 24.7 Å². The van der Waals surface area contributed by atoms with E-state index in [1.807, 2.05) is 0 Å². The predicted octanol–water partition coefficient (Wildman–Crippen LogP) is 0.546. The number of carboxylic acids is 1. The van der Waals surface area contributed by atoms with Crippen LogP contribution >= 0.6 is 0 Å². The highest BCUT2D eigenvalue weighted by molar-refractivity contribution is 6.39. The lowest BCUT2D eigenvalue weighted by molar-refractivity contribution is -0.255. The highest BCUT2D eigenvalue weighted by atomic mass is 16.5. The lowest BCUT2D eigenvalue weighted by Crippen LogP contribution is -2.32. The number of carbonyl (C=O) groups excluding carboxylic acids is 3. The van der Waals surface area contributed by atoms with E-state index in [4.69, 9.17) is 9.47 Å². The normalized spacial score (nSPS) is 10.4. The molecule has 0 saturated carbocycles. The zero-order valence-electron chi connectivity index (χ0n) is 15.2. The molecule has 28 heavy (non-hydrogen) atoms. The van der Waals surface area contributed by atoms with Gasteiger partial charge in [0.05, 0.1) is 25.9 Å². The van der Waals surface area contributed by atoms with Crippen LogP contribution in [0.1, 0.15) is 22.8 Å². The molecule has 146 valence electrons. The quantitative estimate of drug-likeness (QED) is 0.407. The fourth-order valence-corrected chi connectivity index (χ4v) is 2.16. The lowest BCUT2D eigenvalue weighted by atomic mass is 10.1. The number of hydrogen-bond acceptors (Lipinski definition) is 7. The Morgan fingerprint density at radius 1 is 1.14 bits per heavy atom. The Labute approximate surface area is 161 Å². The van der Waals surface area contributed by atoms with Crippen molar-refractivity contribution in [3.8, 4) is 11.5 Å². The van der Waals surface area contributed by atoms with Gasteiger partial charge in [0, 0.05) is 17.3 Å². The average Bonchev–Trinajstić information content (AvgIpc) is 2.69. The van der Waals surface area contributed by atoms with Crippen LogP contribution in [0, 0.1) is 0 Å². The van der Waals surface area contributed by atoms with E-state index in [0.29, 0.717) is 29.4 Å². The molecule has 0 bridgehead atoms. The number of nitrogens with zero attached hydrogens (tertiary/aromatic N) is 1. The molecule has 0 atom stereocenters. The van der Waals surface area contributed by atoms with E-state index in [1.54, 1.807) is 31.2 Å². The zero-order chi connectivity index (χ0) is 20.5. The van der Waals surface area contributed by atoms with Crippen molar-refractivity contribution in [3.63, 3.8) is 0 Å². The largest absolute Gasteiger partial charge is 0.545 e. The number of amides is 2. The SMILES string of the molecule is CCOc1ccc(C(=O)[O-])cc1/C=N\NC(=O)C(=O)Nc1cccc(OC)c1. The number of ether oxygens (including phenoxy) is 2. The third-order valence-electron chi connectivity index (χ3n) is 3.45. The van der Waals surface area contributed by atoms with E-state index in [0.717, 1.165) is 0 Å². The summed E-state index contributed by atoms with van der Waals surface area (Å²) in [5.74, 6) is -2.41. The summed E-state index contributed by atoms with van der Waals surface area (Å²) in [4.78, 5) is 34.8. The number of benzene rings is 2. The van der Waals surface area contributed by atoms with Crippen molar-refractivity contribution in [2.75, 3.05) is 19.0 Å². The molecule has 2 rings (SSSR count). The van der Waals surface area contributed by atoms with Gasteiger partial charge in [-0.25, -0.2) is 5.43 Å². The molecule has 0 saturated heterocycles. The topological polar surface area (TPSA) is 129 Å². The first-order valence-electron chi connectivity index (χ1n) is 8.21. The van der Waals surface area contributed by atoms with E-state index in [2.05, 4.69) is 15.8 Å². The Morgan fingerprint density at radius 3 is 2.61 bits per heavy atom. The van der Waals surface area contributed by atoms with Gasteiger partial charge in [-0.05, 0) is 42.8 Å². The van der Waals surface area contributed by atoms with Crippen LogP contribution in [-0.2, 0) is 9.59 Å². The highest BCUT2D eigenvalue weighted by Gasteiger charge is 2.13. The molecular weight excluding hydrogens is 366 g/mol. The monoisotopic (exact) mass is 384 g/mol. The molecule has 2 aromatic rings. The summed E-state index contributed by atoms with van der Waals surface area (Å²) in [6, 6.07) is 10.6. The molecule has 0 radical (unpaired) electrons. The molecule has 2 aromatic carbocycles. The second kappa shape index (κ2) is 9.72. The summed E-state index contributed by atoms with van der Waals surface area (Å²) in [6.45, 7) is 2.11. The van der Waals surface area contributed by atoms with Gasteiger partial charge in [-0.2, -0.15) is 5.10 Å². The van der Waals surface area contributed by atoms with Gasteiger partial charge in [0.25, 0.3) is 0 Å². The minimum atomic E-state index is -1.36. The van der Waals surface area contributed by atoms with Gasteiger partial charge in [0.15, 0.2) is 0 Å². The van der Waals surface area contributed by atoms with Crippen LogP contribution in [0.4, 0.5) is 5.69 Å². The van der Waals surface area contributed by atoms with Crippen LogP contribution in [0.15, 0.2) is 47.6 Å². The van der Waals surface area contributed by atoms with E-state index in [-0.39, 0.29) is 5.56 Å². The summed E-state index contributed by atoms with van der Waals surface area (Å²) in [5, 5.41) is 17.1. The molecule has 0 heterocycles. The Morgan fingerprint density at radius 2 is 1.93 bits per heavy atom. The van der Waals surface area contributed by atoms with Crippen molar-refractivity contribution in [2.45, 2.75) is 6.92 Å². The zero-order valence-corrected chi connectivity index (χ0v) is 15.2. The molecule has 0 unspecified atom stereocenters. The molecule has 2 amide bonds. The van der Waals surface area contributed by atoms with Gasteiger partial charge in [-0.1, -0.05) is 6.07 Å². The van der Waals surface area contributed by atoms with Gasteiger partial charge in [0.2, 0.25) is 0 Å². The van der Waals surface area contributed by atoms with E-state index in [1.165, 1.54) is 31.5 Å². The Hall–Kier alpha value is -3.88. The van der Waals surface area contributed by atoms with Gasteiger partial charge in [-0.3, -0.25) is 9.59 Å². The number of aromatic carboxylic acids is 1. The van der Waals surface area contributed by atoms with Crippen LogP contribution in [0.25, 0.3) is 0 Å². The van der Waals surface area contributed by atoms with Crippen LogP contribution < -0.4 is 25.3 Å². The summed E-state index contributed by atoms with van der Waals surface area (Å²) >= 11 is 0. The molecule has 0 aromatic heterocycles. The maximum Gasteiger partial charge on any atom is 0.329 e. The van der Waals surface area contributed by atoms with Crippen molar-refractivity contribution in [1.29, 1.82) is 0 Å². The fourth-order valence-electron chi connectivity index (χ4n) is 2.16. The molecule has 9 heteroatoms. The van der Waals surface area contributed by atoms with Gasteiger partial charge in [-0.15, -0.1) is 0 Å². The number of carbonyl (C=O) groups is 3. The number of carboxylic acid groups (broad SMARTS) is 1. The third-order valence-corrected chi connectivity index (χ3v) is 3.45. The van der Waals surface area contributed by atoms with Crippen LogP contribution in [0.3, 0.4) is 0 Å². The second-order valence-corrected chi connectivity index (χ2v) is 5.36. The van der Waals surface area contributed by atoms with Crippen molar-refractivity contribution in [3.05, 3.63) is 53.6 Å². The van der Waals surface area contributed by atoms with Crippen LogP contribution in [-0.4, -0.2) is 37.7 Å². The number of anilines is 1. The predicted molar refractivity (Wildman–Crippen MR) is 99.3 cm³/mol. The first kappa shape index (κ1) is 20.4. The molecule has 0 spiro atoms. The summed E-state index contributed by atoms with van der Waals surface area (Å²) in [5.41, 5.74) is 2.67. The molecule has 9 nitrogen and oxygen atoms in total. The first-order chi connectivity index (χ1) is 13.4. The molecule has 0 aliphatic carbocycles. The molecule has 2 N–H and O–H groups in total. The summed E-state index contributed by atoms with van der Waals surface area (Å²) in [6.07, 6.45) is 1.17. The second-order valence-electron chi connectivity index (χ2n) is 5.36. The average molecular weight is 384 g/mol. The van der Waals surface area contributed by atoms with E-state index < -0.39 is 17.8 Å². The van der Waals surface area contributed by atoms with Gasteiger partial charge >= 0.3 is 11.8 Å². The number of methoxy groups -OCH3 is 1. The summed E-state index contributed by atoms with van der Waals surface area (Å²) < 4.78 is 10.4. The molecule has 0 aliphatic heterocycles. The lowest BCUT2D eigenvalue weighted by Gasteiger charge is -2.10. The van der Waals surface area contributed by atoms with Crippen molar-refractivity contribution >= 4 is 29.7 Å². The van der Waals surface area contributed by atoms with Crippen LogP contribution in [0.5, 0.6) is 11.5 Å². The standard InChI is InChI=1S/C19H19N3O6/c1-3-28-16-8-7-12(19(25)26)9-13(16)11-20-22-18(24)17(23)21-14-5-4-6-15(10-14)27-2/h4-11H,3H2,1-2H3,(H,21,23)(H,22,24)(H,25,26)/p-1/b20-11-. The number of hydrazone groups is 1. The molecule has 0 aliphatic rings. The molecular formula is C19H18N3O6-. The number of nitrogens with one attached hydrogen (secondary N) is 2. The maximum absolute atomic E-state index is 11.9. The Balaban J connectivity index is 2.04. The number of hydrogen-bond donors (Lipinski definition) is 2. The minimum Gasteiger partial charge on any atom is -0.545 e. The summed E-state index contributed by atoms with van der Waals surface area (Å²) in [7, 11) is 1.48. The minimum absolute atomic E-state index is 0.0769. The first-order valence-corrected chi connectivity index (χ1v) is 8.21. The van der Waals surface area contributed by atoms with Crippen molar-refractivity contribution in [1.82, 2.24) is 5.43 Å². The third kappa shape index (κ3) is 5.56. The van der Waals surface area contributed by atoms with E-state index >= 15 is 0 Å². The smallest absolute Gasteiger partial charge is 0.329 e.